The molecule has 0 saturated carbocycles. The molecule has 0 fully saturated rings. The Morgan fingerprint density at radius 1 is 2.00 bits per heavy atom. The van der Waals surface area contributed by atoms with Crippen molar-refractivity contribution in [2.45, 2.75) is 12.4 Å². The van der Waals surface area contributed by atoms with Crippen LogP contribution in [-0.2, 0) is 15.9 Å². The minimum atomic E-state index is -1.25. The Morgan fingerprint density at radius 3 is 2.20 bits per heavy atom. The van der Waals surface area contributed by atoms with E-state index in [-0.39, 0.29) is 11.7 Å². The van der Waals surface area contributed by atoms with Gasteiger partial charge in [0.1, 0.15) is 0 Å². The van der Waals surface area contributed by atoms with Gasteiger partial charge in [0.15, 0.2) is 0 Å². The van der Waals surface area contributed by atoms with E-state index in [4.69, 9.17) is 0 Å². The minimum absolute atomic E-state index is 0.0370. The maximum Gasteiger partial charge on any atom is 0.498 e. The standard InChI is InChI=1S/C2H4FOS/c1-2(3)5-4/h2H,1H3/q+1/t2-/m0/s1. The summed E-state index contributed by atoms with van der Waals surface area (Å²) in [7, 11) is 0. The summed E-state index contributed by atoms with van der Waals surface area (Å²) >= 11 is -0.0370. The van der Waals surface area contributed by atoms with Gasteiger partial charge in [-0.15, -0.1) is 0 Å². The summed E-state index contributed by atoms with van der Waals surface area (Å²) < 4.78 is 20.3. The molecular weight excluding hydrogens is 91.1 g/mol. The van der Waals surface area contributed by atoms with E-state index >= 15 is 0 Å². The van der Waals surface area contributed by atoms with Crippen LogP contribution in [0.5, 0.6) is 0 Å². The fraction of sp³-hybridized carbons (Fsp3) is 1.00. The second kappa shape index (κ2) is 2.20. The fourth-order valence-electron chi connectivity index (χ4n) is 0. The van der Waals surface area contributed by atoms with Crippen LogP contribution in [0, 0.1) is 0 Å². The molecule has 1 atom stereocenters. The average molecular weight is 95.1 g/mol. The first-order chi connectivity index (χ1) is 2.27. The Labute approximate surface area is 33.7 Å². The van der Waals surface area contributed by atoms with Gasteiger partial charge >= 0.3 is 17.2 Å². The van der Waals surface area contributed by atoms with Crippen LogP contribution in [0.15, 0.2) is 0 Å². The molecule has 0 N–H and O–H groups in total. The van der Waals surface area contributed by atoms with Crippen molar-refractivity contribution >= 4 is 11.7 Å². The van der Waals surface area contributed by atoms with Crippen molar-refractivity contribution in [3.63, 3.8) is 0 Å². The van der Waals surface area contributed by atoms with Crippen molar-refractivity contribution < 1.29 is 8.60 Å². The molecule has 0 spiro atoms. The summed E-state index contributed by atoms with van der Waals surface area (Å²) in [4.78, 5) is 0. The molecule has 0 unspecified atom stereocenters. The number of hydrogen-bond donors (Lipinski definition) is 0. The zero-order chi connectivity index (χ0) is 4.28. The van der Waals surface area contributed by atoms with Gasteiger partial charge in [0, 0.05) is 11.1 Å². The van der Waals surface area contributed by atoms with E-state index in [0.29, 0.717) is 0 Å². The van der Waals surface area contributed by atoms with E-state index < -0.39 is 5.50 Å². The van der Waals surface area contributed by atoms with Crippen LogP contribution in [0.2, 0.25) is 0 Å². The third kappa shape index (κ3) is 3.95. The van der Waals surface area contributed by atoms with Gasteiger partial charge in [-0.1, -0.05) is 0 Å². The van der Waals surface area contributed by atoms with Crippen molar-refractivity contribution in [3.8, 4) is 0 Å². The van der Waals surface area contributed by atoms with Crippen molar-refractivity contribution in [2.75, 3.05) is 0 Å². The second-order valence-corrected chi connectivity index (χ2v) is 1.48. The quantitative estimate of drug-likeness (QED) is 0.439. The Morgan fingerprint density at radius 2 is 2.20 bits per heavy atom. The van der Waals surface area contributed by atoms with Crippen molar-refractivity contribution in [1.82, 2.24) is 0 Å². The van der Waals surface area contributed by atoms with Gasteiger partial charge in [0.25, 0.3) is 0 Å². The number of halogens is 1. The van der Waals surface area contributed by atoms with Gasteiger partial charge in [-0.3, -0.25) is 0 Å². The normalized spacial score (nSPS) is 14.0. The lowest BCUT2D eigenvalue weighted by Crippen LogP contribution is -1.82. The summed E-state index contributed by atoms with van der Waals surface area (Å²) in [6.07, 6.45) is 0. The predicted molar refractivity (Wildman–Crippen MR) is 18.6 cm³/mol. The topological polar surface area (TPSA) is 17.1 Å². The van der Waals surface area contributed by atoms with E-state index in [2.05, 4.69) is 0 Å². The van der Waals surface area contributed by atoms with Gasteiger partial charge in [-0.05, 0) is 0 Å². The number of alkyl halides is 1. The molecule has 0 aromatic carbocycles. The largest absolute Gasteiger partial charge is 0.498 e. The Bertz CT molecular complexity index is 36.6. The first-order valence-corrected chi connectivity index (χ1v) is 2.00. The summed E-state index contributed by atoms with van der Waals surface area (Å²) in [5.74, 6) is 0. The zero-order valence-electron chi connectivity index (χ0n) is 2.77. The first kappa shape index (κ1) is 4.95. The molecule has 1 nitrogen and oxygen atoms in total. The predicted octanol–water partition coefficient (Wildman–Crippen LogP) is 0.730. The highest BCUT2D eigenvalue weighted by Gasteiger charge is 2.07. The molecule has 0 aliphatic carbocycles. The second-order valence-electron chi connectivity index (χ2n) is 0.639. The van der Waals surface area contributed by atoms with Crippen LogP contribution in [0.4, 0.5) is 4.39 Å². The van der Waals surface area contributed by atoms with Gasteiger partial charge in [0.2, 0.25) is 0 Å². The maximum atomic E-state index is 11.1. The van der Waals surface area contributed by atoms with Crippen LogP contribution in [0.25, 0.3) is 0 Å². The lowest BCUT2D eigenvalue weighted by molar-refractivity contribution is 0.466. The minimum Gasteiger partial charge on any atom is -0.175 e. The van der Waals surface area contributed by atoms with E-state index in [1.807, 2.05) is 0 Å². The number of hydrogen-bond acceptors (Lipinski definition) is 1. The first-order valence-electron chi connectivity index (χ1n) is 1.20. The highest BCUT2D eigenvalue weighted by atomic mass is 32.1. The van der Waals surface area contributed by atoms with Gasteiger partial charge in [-0.2, -0.15) is 4.39 Å². The van der Waals surface area contributed by atoms with Crippen molar-refractivity contribution in [1.29, 1.82) is 0 Å². The van der Waals surface area contributed by atoms with E-state index in [1.54, 1.807) is 0 Å². The molecule has 3 heteroatoms. The van der Waals surface area contributed by atoms with Crippen LogP contribution in [-0.4, -0.2) is 5.50 Å². The van der Waals surface area contributed by atoms with Crippen molar-refractivity contribution in [2.24, 2.45) is 0 Å². The van der Waals surface area contributed by atoms with Gasteiger partial charge in [0.05, 0.1) is 0 Å². The molecule has 0 amide bonds. The molecule has 0 heterocycles. The summed E-state index contributed by atoms with van der Waals surface area (Å²) in [6.45, 7) is 1.21. The molecule has 30 valence electrons. The third-order valence-electron chi connectivity index (χ3n) is 0.133. The Hall–Kier alpha value is -0.0500. The summed E-state index contributed by atoms with van der Waals surface area (Å²) in [5.41, 5.74) is -1.25. The molecule has 0 radical (unpaired) electrons. The molecule has 0 saturated heterocycles. The number of rotatable bonds is 1. The molecule has 0 rings (SSSR count). The van der Waals surface area contributed by atoms with Crippen LogP contribution in [0.3, 0.4) is 0 Å². The highest BCUT2D eigenvalue weighted by Crippen LogP contribution is 1.79. The lowest BCUT2D eigenvalue weighted by atomic mass is 10.9. The van der Waals surface area contributed by atoms with E-state index in [9.17, 15) is 8.60 Å². The molecule has 0 aromatic rings. The summed E-state index contributed by atoms with van der Waals surface area (Å²) in [5, 5.41) is 0. The SMILES string of the molecule is C[C@@H](F)[S+]=O. The van der Waals surface area contributed by atoms with E-state index in [0.717, 1.165) is 0 Å². The van der Waals surface area contributed by atoms with Crippen LogP contribution < -0.4 is 0 Å². The van der Waals surface area contributed by atoms with Gasteiger partial charge < -0.3 is 0 Å². The van der Waals surface area contributed by atoms with Crippen LogP contribution >= 0.6 is 0 Å². The zero-order valence-corrected chi connectivity index (χ0v) is 3.59. The van der Waals surface area contributed by atoms with Crippen molar-refractivity contribution in [3.05, 3.63) is 0 Å². The Kier molecular flexibility index (Phi) is 2.18. The lowest BCUT2D eigenvalue weighted by Gasteiger charge is -1.56. The smallest absolute Gasteiger partial charge is 0.175 e. The Balaban J connectivity index is 2.83. The molecule has 0 aromatic heterocycles. The molecule has 0 aliphatic heterocycles. The maximum absolute atomic E-state index is 11.1. The summed E-state index contributed by atoms with van der Waals surface area (Å²) in [6, 6.07) is 0. The monoisotopic (exact) mass is 95.0 g/mol. The fourth-order valence-corrected chi connectivity index (χ4v) is 0. The van der Waals surface area contributed by atoms with E-state index in [1.165, 1.54) is 6.92 Å². The average Bonchev–Trinajstić information content (AvgIpc) is 1.38. The molecular formula is C2H4FOS+. The molecule has 0 bridgehead atoms. The van der Waals surface area contributed by atoms with Crippen LogP contribution in [0.1, 0.15) is 6.92 Å². The molecule has 0 aliphatic rings. The molecule has 5 heavy (non-hydrogen) atoms. The highest BCUT2D eigenvalue weighted by molar-refractivity contribution is 7.66. The third-order valence-corrected chi connectivity index (χ3v) is 0.398. The van der Waals surface area contributed by atoms with Gasteiger partial charge in [-0.25, -0.2) is 0 Å².